The average Bonchev–Trinajstić information content (AvgIpc) is 2.69. The van der Waals surface area contributed by atoms with Gasteiger partial charge in [0.15, 0.2) is 0 Å². The molecule has 2 rings (SSSR count). The molecule has 2 aromatic rings. The van der Waals surface area contributed by atoms with E-state index in [-0.39, 0.29) is 24.3 Å². The minimum atomic E-state index is -0.526. The first-order valence-electron chi connectivity index (χ1n) is 10.1. The minimum Gasteiger partial charge on any atom is -0.497 e. The van der Waals surface area contributed by atoms with Gasteiger partial charge in [-0.3, -0.25) is 9.59 Å². The van der Waals surface area contributed by atoms with Crippen molar-refractivity contribution < 1.29 is 14.3 Å². The number of aryl methyl sites for hydroxylation is 1. The van der Waals surface area contributed by atoms with E-state index in [2.05, 4.69) is 5.32 Å². The first-order valence-corrected chi connectivity index (χ1v) is 10.1. The fraction of sp³-hybridized carbons (Fsp3) is 0.417. The Bertz CT molecular complexity index is 815. The summed E-state index contributed by atoms with van der Waals surface area (Å²) < 4.78 is 5.31. The SMILES string of the molecule is CC[C@@H](C(=O)NC(C)C)N(Cc1cccc(OC)c1)C(=O)Cc1ccc(C)cc1. The molecule has 5 heteroatoms. The molecule has 0 saturated heterocycles. The lowest BCUT2D eigenvalue weighted by Crippen LogP contribution is -2.50. The van der Waals surface area contributed by atoms with Gasteiger partial charge in [-0.15, -0.1) is 0 Å². The third kappa shape index (κ3) is 6.63. The van der Waals surface area contributed by atoms with Crippen LogP contribution in [0.1, 0.15) is 43.9 Å². The van der Waals surface area contributed by atoms with Gasteiger partial charge in [-0.1, -0.05) is 48.9 Å². The van der Waals surface area contributed by atoms with Gasteiger partial charge in [-0.2, -0.15) is 0 Å². The van der Waals surface area contributed by atoms with E-state index in [0.717, 1.165) is 22.4 Å². The molecule has 29 heavy (non-hydrogen) atoms. The van der Waals surface area contributed by atoms with Gasteiger partial charge in [0.2, 0.25) is 11.8 Å². The van der Waals surface area contributed by atoms with Crippen molar-refractivity contribution in [3.63, 3.8) is 0 Å². The monoisotopic (exact) mass is 396 g/mol. The second-order valence-electron chi connectivity index (χ2n) is 7.62. The maximum Gasteiger partial charge on any atom is 0.243 e. The Hall–Kier alpha value is -2.82. The van der Waals surface area contributed by atoms with Gasteiger partial charge in [-0.25, -0.2) is 0 Å². The first kappa shape index (κ1) is 22.5. The number of ether oxygens (including phenoxy) is 1. The largest absolute Gasteiger partial charge is 0.497 e. The van der Waals surface area contributed by atoms with Crippen LogP contribution in [0.5, 0.6) is 5.75 Å². The standard InChI is InChI=1S/C24H32N2O3/c1-6-22(24(28)25-17(2)3)26(16-20-8-7-9-21(14-20)29-5)23(27)15-19-12-10-18(4)11-13-19/h7-14,17,22H,6,15-16H2,1-5H3,(H,25,28)/t22-/m0/s1. The fourth-order valence-corrected chi connectivity index (χ4v) is 3.25. The van der Waals surface area contributed by atoms with Crippen molar-refractivity contribution in [2.45, 2.75) is 59.2 Å². The van der Waals surface area contributed by atoms with Gasteiger partial charge in [0.1, 0.15) is 11.8 Å². The van der Waals surface area contributed by atoms with Crippen LogP contribution < -0.4 is 10.1 Å². The van der Waals surface area contributed by atoms with Crippen molar-refractivity contribution in [1.29, 1.82) is 0 Å². The van der Waals surface area contributed by atoms with E-state index in [9.17, 15) is 9.59 Å². The van der Waals surface area contributed by atoms with Gasteiger partial charge in [-0.05, 0) is 50.5 Å². The van der Waals surface area contributed by atoms with E-state index in [1.54, 1.807) is 12.0 Å². The number of rotatable bonds is 9. The summed E-state index contributed by atoms with van der Waals surface area (Å²) in [5, 5.41) is 2.95. The van der Waals surface area contributed by atoms with Crippen LogP contribution in [0, 0.1) is 6.92 Å². The highest BCUT2D eigenvalue weighted by molar-refractivity contribution is 5.88. The zero-order chi connectivity index (χ0) is 21.4. The van der Waals surface area contributed by atoms with Crippen molar-refractivity contribution in [2.75, 3.05) is 7.11 Å². The molecule has 0 heterocycles. The maximum absolute atomic E-state index is 13.3. The lowest BCUT2D eigenvalue weighted by Gasteiger charge is -2.31. The summed E-state index contributed by atoms with van der Waals surface area (Å²) in [5.74, 6) is 0.540. The molecule has 156 valence electrons. The van der Waals surface area contributed by atoms with Crippen LogP contribution in [0.4, 0.5) is 0 Å². The molecule has 0 spiro atoms. The summed E-state index contributed by atoms with van der Waals surface area (Å²) in [7, 11) is 1.62. The summed E-state index contributed by atoms with van der Waals surface area (Å²) in [6.45, 7) is 8.15. The number of carbonyl (C=O) groups excluding carboxylic acids is 2. The highest BCUT2D eigenvalue weighted by Gasteiger charge is 2.29. The van der Waals surface area contributed by atoms with E-state index in [4.69, 9.17) is 4.74 Å². The lowest BCUT2D eigenvalue weighted by atomic mass is 10.1. The molecule has 0 aliphatic heterocycles. The quantitative estimate of drug-likeness (QED) is 0.700. The molecule has 2 aromatic carbocycles. The van der Waals surface area contributed by atoms with E-state index >= 15 is 0 Å². The van der Waals surface area contributed by atoms with Gasteiger partial charge in [0.25, 0.3) is 0 Å². The molecule has 1 atom stereocenters. The van der Waals surface area contributed by atoms with Crippen LogP contribution in [0.15, 0.2) is 48.5 Å². The fourth-order valence-electron chi connectivity index (χ4n) is 3.25. The summed E-state index contributed by atoms with van der Waals surface area (Å²) in [5.41, 5.74) is 3.02. The van der Waals surface area contributed by atoms with Gasteiger partial charge in [0, 0.05) is 12.6 Å². The van der Waals surface area contributed by atoms with Crippen LogP contribution >= 0.6 is 0 Å². The molecule has 0 bridgehead atoms. The molecule has 2 amide bonds. The molecule has 0 radical (unpaired) electrons. The molecule has 0 fully saturated rings. The van der Waals surface area contributed by atoms with Gasteiger partial charge in [0.05, 0.1) is 13.5 Å². The van der Waals surface area contributed by atoms with Crippen molar-refractivity contribution >= 4 is 11.8 Å². The molecule has 0 unspecified atom stereocenters. The van der Waals surface area contributed by atoms with E-state index < -0.39 is 6.04 Å². The van der Waals surface area contributed by atoms with Crippen LogP contribution in [0.25, 0.3) is 0 Å². The molecule has 0 aliphatic rings. The smallest absolute Gasteiger partial charge is 0.243 e. The number of amides is 2. The molecule has 1 N–H and O–H groups in total. The summed E-state index contributed by atoms with van der Waals surface area (Å²) >= 11 is 0. The Morgan fingerprint density at radius 1 is 1.07 bits per heavy atom. The summed E-state index contributed by atoms with van der Waals surface area (Å²) in [6.07, 6.45) is 0.803. The van der Waals surface area contributed by atoms with E-state index in [1.165, 1.54) is 0 Å². The van der Waals surface area contributed by atoms with Crippen molar-refractivity contribution in [3.8, 4) is 5.75 Å². The zero-order valence-electron chi connectivity index (χ0n) is 18.1. The van der Waals surface area contributed by atoms with Crippen molar-refractivity contribution in [2.24, 2.45) is 0 Å². The predicted octanol–water partition coefficient (Wildman–Crippen LogP) is 3.88. The lowest BCUT2D eigenvalue weighted by molar-refractivity contribution is -0.141. The average molecular weight is 397 g/mol. The van der Waals surface area contributed by atoms with Crippen LogP contribution in [0.2, 0.25) is 0 Å². The number of methoxy groups -OCH3 is 1. The van der Waals surface area contributed by atoms with Gasteiger partial charge < -0.3 is 15.0 Å². The number of carbonyl (C=O) groups is 2. The Labute approximate surface area is 174 Å². The summed E-state index contributed by atoms with van der Waals surface area (Å²) in [4.78, 5) is 27.8. The second kappa shape index (κ2) is 10.6. The third-order valence-electron chi connectivity index (χ3n) is 4.78. The third-order valence-corrected chi connectivity index (χ3v) is 4.78. The Kier molecular flexibility index (Phi) is 8.25. The predicted molar refractivity (Wildman–Crippen MR) is 116 cm³/mol. The normalized spacial score (nSPS) is 11.8. The molecule has 0 aliphatic carbocycles. The van der Waals surface area contributed by atoms with Crippen LogP contribution in [-0.4, -0.2) is 35.9 Å². The molecule has 0 aromatic heterocycles. The highest BCUT2D eigenvalue weighted by Crippen LogP contribution is 2.18. The zero-order valence-corrected chi connectivity index (χ0v) is 18.1. The Morgan fingerprint density at radius 2 is 1.76 bits per heavy atom. The molecule has 5 nitrogen and oxygen atoms in total. The number of hydrogen-bond donors (Lipinski definition) is 1. The van der Waals surface area contributed by atoms with E-state index in [1.807, 2.05) is 76.2 Å². The van der Waals surface area contributed by atoms with Crippen molar-refractivity contribution in [1.82, 2.24) is 10.2 Å². The Balaban J connectivity index is 2.30. The topological polar surface area (TPSA) is 58.6 Å². The highest BCUT2D eigenvalue weighted by atomic mass is 16.5. The summed E-state index contributed by atoms with van der Waals surface area (Å²) in [6, 6.07) is 15.0. The van der Waals surface area contributed by atoms with Crippen LogP contribution in [-0.2, 0) is 22.6 Å². The number of nitrogens with one attached hydrogen (secondary N) is 1. The number of nitrogens with zero attached hydrogens (tertiary/aromatic N) is 1. The van der Waals surface area contributed by atoms with E-state index in [0.29, 0.717) is 13.0 Å². The maximum atomic E-state index is 13.3. The Morgan fingerprint density at radius 3 is 2.34 bits per heavy atom. The number of benzene rings is 2. The number of hydrogen-bond acceptors (Lipinski definition) is 3. The van der Waals surface area contributed by atoms with Crippen molar-refractivity contribution in [3.05, 3.63) is 65.2 Å². The van der Waals surface area contributed by atoms with Gasteiger partial charge >= 0.3 is 0 Å². The minimum absolute atomic E-state index is 0.0161. The molecular weight excluding hydrogens is 364 g/mol. The molecular formula is C24H32N2O3. The van der Waals surface area contributed by atoms with Crippen LogP contribution in [0.3, 0.4) is 0 Å². The second-order valence-corrected chi connectivity index (χ2v) is 7.62. The first-order chi connectivity index (χ1) is 13.8. The molecule has 0 saturated carbocycles.